The van der Waals surface area contributed by atoms with Gasteiger partial charge in [-0.25, -0.2) is 4.79 Å². The number of hydrogen-bond acceptors (Lipinski definition) is 2. The molecule has 4 heteroatoms. The second-order valence-corrected chi connectivity index (χ2v) is 4.11. The van der Waals surface area contributed by atoms with E-state index in [9.17, 15) is 4.79 Å². The van der Waals surface area contributed by atoms with Crippen molar-refractivity contribution in [3.8, 4) is 0 Å². The van der Waals surface area contributed by atoms with Crippen molar-refractivity contribution in [1.29, 1.82) is 0 Å². The molecule has 0 aromatic carbocycles. The molecule has 0 bridgehead atoms. The molecule has 0 fully saturated rings. The lowest BCUT2D eigenvalue weighted by atomic mass is 10.5. The van der Waals surface area contributed by atoms with Crippen LogP contribution in [0.25, 0.3) is 0 Å². The first-order chi connectivity index (χ1) is 6.81. The predicted octanol–water partition coefficient (Wildman–Crippen LogP) is 1.78. The van der Waals surface area contributed by atoms with Gasteiger partial charge in [0, 0.05) is 23.8 Å². The fourth-order valence-electron chi connectivity index (χ4n) is 1.38. The highest BCUT2D eigenvalue weighted by Crippen LogP contribution is 2.09. The summed E-state index contributed by atoms with van der Waals surface area (Å²) in [6.45, 7) is 3.39. The Morgan fingerprint density at radius 3 is 2.71 bits per heavy atom. The van der Waals surface area contributed by atoms with Crippen LogP contribution in [0.4, 0.5) is 0 Å². The maximum Gasteiger partial charge on any atom is 0.328 e. The molecule has 2 aromatic rings. The Balaban J connectivity index is 2.26. The number of rotatable bonds is 3. The second-order valence-electron chi connectivity index (χ2n) is 3.07. The van der Waals surface area contributed by atoms with Gasteiger partial charge in [-0.15, -0.1) is 11.3 Å². The average molecular weight is 208 g/mol. The molecule has 2 heterocycles. The van der Waals surface area contributed by atoms with Gasteiger partial charge in [-0.3, -0.25) is 9.13 Å². The lowest BCUT2D eigenvalue weighted by molar-refractivity contribution is 0.672. The third-order valence-corrected chi connectivity index (χ3v) is 3.03. The van der Waals surface area contributed by atoms with Crippen LogP contribution in [-0.2, 0) is 13.1 Å². The van der Waals surface area contributed by atoms with Gasteiger partial charge in [-0.2, -0.15) is 0 Å². The van der Waals surface area contributed by atoms with Crippen molar-refractivity contribution in [2.24, 2.45) is 0 Å². The van der Waals surface area contributed by atoms with Crippen LogP contribution < -0.4 is 5.69 Å². The summed E-state index contributed by atoms with van der Waals surface area (Å²) in [5, 5.41) is 2.02. The van der Waals surface area contributed by atoms with Crippen LogP contribution in [0.15, 0.2) is 34.7 Å². The first-order valence-corrected chi connectivity index (χ1v) is 5.47. The van der Waals surface area contributed by atoms with E-state index >= 15 is 0 Å². The number of imidazole rings is 1. The summed E-state index contributed by atoms with van der Waals surface area (Å²) in [6, 6.07) is 4.04. The molecule has 74 valence electrons. The van der Waals surface area contributed by atoms with Gasteiger partial charge in [0.25, 0.3) is 0 Å². The molecule has 0 atom stereocenters. The summed E-state index contributed by atoms with van der Waals surface area (Å²) < 4.78 is 3.43. The van der Waals surface area contributed by atoms with Gasteiger partial charge in [0.05, 0.1) is 6.54 Å². The predicted molar refractivity (Wildman–Crippen MR) is 57.8 cm³/mol. The topological polar surface area (TPSA) is 26.9 Å². The highest BCUT2D eigenvalue weighted by atomic mass is 32.1. The molecule has 0 aliphatic rings. The van der Waals surface area contributed by atoms with Gasteiger partial charge in [0.2, 0.25) is 0 Å². The molecular weight excluding hydrogens is 196 g/mol. The second kappa shape index (κ2) is 3.84. The first-order valence-electron chi connectivity index (χ1n) is 4.59. The SMILES string of the molecule is CCn1ccn(Cc2cccs2)c1=O. The molecule has 0 radical (unpaired) electrons. The third kappa shape index (κ3) is 1.65. The maximum atomic E-state index is 11.7. The van der Waals surface area contributed by atoms with Crippen LogP contribution in [0.3, 0.4) is 0 Å². The number of nitrogens with zero attached hydrogens (tertiary/aromatic N) is 2. The average Bonchev–Trinajstić information content (AvgIpc) is 2.79. The van der Waals surface area contributed by atoms with Crippen molar-refractivity contribution in [3.05, 3.63) is 45.3 Å². The minimum Gasteiger partial charge on any atom is -0.300 e. The van der Waals surface area contributed by atoms with Crippen LogP contribution in [0, 0.1) is 0 Å². The number of aromatic nitrogens is 2. The van der Waals surface area contributed by atoms with Crippen LogP contribution >= 0.6 is 11.3 Å². The van der Waals surface area contributed by atoms with Gasteiger partial charge in [0.15, 0.2) is 0 Å². The maximum absolute atomic E-state index is 11.7. The summed E-state index contributed by atoms with van der Waals surface area (Å²) in [5.41, 5.74) is 0.0703. The quantitative estimate of drug-likeness (QED) is 0.755. The van der Waals surface area contributed by atoms with Gasteiger partial charge >= 0.3 is 5.69 Å². The van der Waals surface area contributed by atoms with Gasteiger partial charge in [0.1, 0.15) is 0 Å². The van der Waals surface area contributed by atoms with Crippen LogP contribution in [0.5, 0.6) is 0 Å². The van der Waals surface area contributed by atoms with E-state index in [1.165, 1.54) is 4.88 Å². The summed E-state index contributed by atoms with van der Waals surface area (Å²) >= 11 is 1.67. The molecule has 14 heavy (non-hydrogen) atoms. The smallest absolute Gasteiger partial charge is 0.300 e. The molecule has 3 nitrogen and oxygen atoms in total. The summed E-state index contributed by atoms with van der Waals surface area (Å²) in [4.78, 5) is 12.9. The number of thiophene rings is 1. The fourth-order valence-corrected chi connectivity index (χ4v) is 2.09. The van der Waals surface area contributed by atoms with E-state index < -0.39 is 0 Å². The van der Waals surface area contributed by atoms with Gasteiger partial charge in [-0.05, 0) is 18.4 Å². The Hall–Kier alpha value is -1.29. The molecule has 0 N–H and O–H groups in total. The summed E-state index contributed by atoms with van der Waals surface area (Å²) in [6.07, 6.45) is 3.67. The Morgan fingerprint density at radius 2 is 2.14 bits per heavy atom. The highest BCUT2D eigenvalue weighted by molar-refractivity contribution is 7.09. The van der Waals surface area contributed by atoms with Crippen molar-refractivity contribution >= 4 is 11.3 Å². The summed E-state index contributed by atoms with van der Waals surface area (Å²) in [7, 11) is 0. The fraction of sp³-hybridized carbons (Fsp3) is 0.300. The Morgan fingerprint density at radius 1 is 1.36 bits per heavy atom. The van der Waals surface area contributed by atoms with E-state index in [0.29, 0.717) is 6.54 Å². The van der Waals surface area contributed by atoms with Crippen molar-refractivity contribution in [1.82, 2.24) is 9.13 Å². The van der Waals surface area contributed by atoms with Crippen molar-refractivity contribution in [2.45, 2.75) is 20.0 Å². The zero-order chi connectivity index (χ0) is 9.97. The minimum atomic E-state index is 0.0703. The number of aryl methyl sites for hydroxylation is 1. The first kappa shape index (κ1) is 9.27. The molecule has 0 spiro atoms. The van der Waals surface area contributed by atoms with Crippen molar-refractivity contribution < 1.29 is 0 Å². The zero-order valence-corrected chi connectivity index (χ0v) is 8.83. The molecular formula is C10H12N2OS. The molecule has 2 rings (SSSR count). The molecule has 0 saturated heterocycles. The monoisotopic (exact) mass is 208 g/mol. The standard InChI is InChI=1S/C10H12N2OS/c1-2-11-5-6-12(10(11)13)8-9-4-3-7-14-9/h3-7H,2,8H2,1H3. The molecule has 0 saturated carbocycles. The highest BCUT2D eigenvalue weighted by Gasteiger charge is 2.02. The van der Waals surface area contributed by atoms with E-state index in [4.69, 9.17) is 0 Å². The molecule has 0 amide bonds. The van der Waals surface area contributed by atoms with E-state index in [1.807, 2.05) is 36.8 Å². The zero-order valence-electron chi connectivity index (χ0n) is 8.01. The molecule has 0 unspecified atom stereocenters. The van der Waals surface area contributed by atoms with E-state index in [-0.39, 0.29) is 5.69 Å². The van der Waals surface area contributed by atoms with E-state index in [2.05, 4.69) is 0 Å². The molecule has 2 aromatic heterocycles. The van der Waals surface area contributed by atoms with Gasteiger partial charge < -0.3 is 0 Å². The number of hydrogen-bond donors (Lipinski definition) is 0. The third-order valence-electron chi connectivity index (χ3n) is 2.16. The van der Waals surface area contributed by atoms with Crippen molar-refractivity contribution in [3.63, 3.8) is 0 Å². The Bertz CT molecular complexity index is 453. The van der Waals surface area contributed by atoms with E-state index in [1.54, 1.807) is 20.5 Å². The Labute approximate surface area is 86.2 Å². The van der Waals surface area contributed by atoms with Crippen LogP contribution in [0.2, 0.25) is 0 Å². The molecule has 0 aliphatic carbocycles. The van der Waals surface area contributed by atoms with Gasteiger partial charge in [-0.1, -0.05) is 6.07 Å². The minimum absolute atomic E-state index is 0.0703. The molecule has 0 aliphatic heterocycles. The normalized spacial score (nSPS) is 10.6. The van der Waals surface area contributed by atoms with Crippen molar-refractivity contribution in [2.75, 3.05) is 0 Å². The Kier molecular flexibility index (Phi) is 2.54. The lowest BCUT2D eigenvalue weighted by Gasteiger charge is -1.97. The van der Waals surface area contributed by atoms with Crippen LogP contribution in [-0.4, -0.2) is 9.13 Å². The largest absolute Gasteiger partial charge is 0.328 e. The summed E-state index contributed by atoms with van der Waals surface area (Å²) in [5.74, 6) is 0. The lowest BCUT2D eigenvalue weighted by Crippen LogP contribution is -2.23. The van der Waals surface area contributed by atoms with E-state index in [0.717, 1.165) is 6.54 Å². The van der Waals surface area contributed by atoms with Crippen LogP contribution in [0.1, 0.15) is 11.8 Å².